The zero-order valence-electron chi connectivity index (χ0n) is 22.8. The Morgan fingerprint density at radius 1 is 1.12 bits per heavy atom. The largest absolute Gasteiger partial charge is 0.325 e. The molecule has 210 valence electrons. The number of anilines is 1. The number of hydrogen-bond acceptors (Lipinski definition) is 8. The molecule has 0 bridgehead atoms. The average molecular weight is 621 g/mol. The zero-order valence-corrected chi connectivity index (χ0v) is 24.4. The third kappa shape index (κ3) is 4.77. The molecule has 1 aliphatic carbocycles. The molecule has 4 aromatic rings. The van der Waals surface area contributed by atoms with E-state index in [0.717, 1.165) is 6.42 Å². The first-order valence-corrected chi connectivity index (χ1v) is 13.9. The Morgan fingerprint density at radius 3 is 2.56 bits per heavy atom. The van der Waals surface area contributed by atoms with E-state index in [2.05, 4.69) is 53.2 Å². The second kappa shape index (κ2) is 9.75. The molecule has 0 radical (unpaired) electrons. The van der Waals surface area contributed by atoms with Gasteiger partial charge in [-0.2, -0.15) is 5.10 Å². The summed E-state index contributed by atoms with van der Waals surface area (Å²) in [4.78, 5) is 58.3. The molecule has 13 heteroatoms. The highest BCUT2D eigenvalue weighted by Gasteiger charge is 2.64. The number of rotatable bonds is 6. The highest BCUT2D eigenvalue weighted by Crippen LogP contribution is 2.59. The number of hydrogen-bond donors (Lipinski definition) is 1. The number of carbonyl (C=O) groups excluding carboxylic acids is 3. The van der Waals surface area contributed by atoms with Crippen LogP contribution < -0.4 is 5.32 Å². The topological polar surface area (TPSA) is 136 Å². The third-order valence-corrected chi connectivity index (χ3v) is 8.48. The minimum Gasteiger partial charge on any atom is -0.325 e. The molecule has 41 heavy (non-hydrogen) atoms. The molecule has 5 heterocycles. The van der Waals surface area contributed by atoms with E-state index in [4.69, 9.17) is 0 Å². The Bertz CT molecular complexity index is 1760. The van der Waals surface area contributed by atoms with E-state index < -0.39 is 11.9 Å². The maximum atomic E-state index is 13.9. The van der Waals surface area contributed by atoms with Crippen LogP contribution in [0.2, 0.25) is 0 Å². The van der Waals surface area contributed by atoms with Crippen LogP contribution in [-0.4, -0.2) is 64.3 Å². The zero-order chi connectivity index (χ0) is 29.2. The number of ketones is 1. The maximum absolute atomic E-state index is 13.9. The van der Waals surface area contributed by atoms with Crippen molar-refractivity contribution in [2.45, 2.75) is 59.2 Å². The van der Waals surface area contributed by atoms with Crippen LogP contribution in [0.25, 0.3) is 22.2 Å². The van der Waals surface area contributed by atoms with Crippen LogP contribution in [0.1, 0.15) is 48.6 Å². The summed E-state index contributed by atoms with van der Waals surface area (Å²) in [6.45, 7) is 6.74. The molecule has 0 spiro atoms. The SMILES string of the molecule is CC(=O)c1nn(CC(=O)N2[C@H](C(=O)Nc3nc(Br)c(F)cc3C)C[C@@]3(C)C[C@@H]23)c2cnc(-c3cnc(C)nc3)cc12. The summed E-state index contributed by atoms with van der Waals surface area (Å²) in [6.07, 6.45) is 6.19. The summed E-state index contributed by atoms with van der Waals surface area (Å²) in [5.74, 6) is -0.606. The van der Waals surface area contributed by atoms with Gasteiger partial charge in [0.25, 0.3) is 0 Å². The van der Waals surface area contributed by atoms with Crippen molar-refractivity contribution in [3.8, 4) is 11.3 Å². The first-order chi connectivity index (χ1) is 19.4. The number of aryl methyl sites for hydroxylation is 2. The molecule has 11 nitrogen and oxygen atoms in total. The smallest absolute Gasteiger partial charge is 0.248 e. The van der Waals surface area contributed by atoms with Gasteiger partial charge < -0.3 is 10.2 Å². The monoisotopic (exact) mass is 620 g/mol. The number of piperidine rings is 1. The minimum atomic E-state index is -0.725. The number of likely N-dealkylation sites (tertiary alicyclic amines) is 1. The molecule has 1 saturated carbocycles. The van der Waals surface area contributed by atoms with Gasteiger partial charge in [-0.1, -0.05) is 6.92 Å². The van der Waals surface area contributed by atoms with E-state index in [9.17, 15) is 18.8 Å². The lowest BCUT2D eigenvalue weighted by atomic mass is 10.0. The van der Waals surface area contributed by atoms with Crippen LogP contribution in [0.15, 0.2) is 35.3 Å². The minimum absolute atomic E-state index is 0.00827. The van der Waals surface area contributed by atoms with Gasteiger partial charge >= 0.3 is 0 Å². The molecular formula is C28H26BrFN8O3. The Balaban J connectivity index is 1.28. The summed E-state index contributed by atoms with van der Waals surface area (Å²) in [7, 11) is 0. The van der Waals surface area contributed by atoms with Gasteiger partial charge in [0, 0.05) is 36.3 Å². The lowest BCUT2D eigenvalue weighted by Gasteiger charge is -2.27. The standard InChI is InChI=1S/C28H26BrFN8O3/c1-13-5-18(30)25(29)34-26(13)35-27(41)20-7-28(4)8-22(28)38(20)23(40)12-37-21-11-33-19(16-9-31-15(3)32-10-16)6-17(21)24(36-37)14(2)39/h5-6,9-11,20,22H,7-8,12H2,1-4H3,(H,34,35,41)/t20-,22+,28-/m0/s1. The van der Waals surface area contributed by atoms with Gasteiger partial charge in [0.1, 0.15) is 34.5 Å². The fraction of sp³-hybridized carbons (Fsp3) is 0.357. The molecule has 1 N–H and O–H groups in total. The van der Waals surface area contributed by atoms with Gasteiger partial charge in [0.05, 0.1) is 17.4 Å². The van der Waals surface area contributed by atoms with Crippen molar-refractivity contribution in [2.75, 3.05) is 5.32 Å². The van der Waals surface area contributed by atoms with Gasteiger partial charge in [-0.05, 0) is 65.7 Å². The molecule has 6 rings (SSSR count). The van der Waals surface area contributed by atoms with Gasteiger partial charge in [-0.3, -0.25) is 24.0 Å². The Morgan fingerprint density at radius 2 is 1.85 bits per heavy atom. The van der Waals surface area contributed by atoms with E-state index >= 15 is 0 Å². The van der Waals surface area contributed by atoms with Crippen LogP contribution in [0.4, 0.5) is 10.2 Å². The van der Waals surface area contributed by atoms with Crippen LogP contribution in [-0.2, 0) is 16.1 Å². The second-order valence-electron chi connectivity index (χ2n) is 11.0. The van der Waals surface area contributed by atoms with E-state index in [1.807, 2.05) is 0 Å². The molecule has 4 aromatic heterocycles. The Hall–Kier alpha value is -4.13. The first-order valence-electron chi connectivity index (χ1n) is 13.1. The Kier molecular flexibility index (Phi) is 6.44. The van der Waals surface area contributed by atoms with Crippen LogP contribution in [0.3, 0.4) is 0 Å². The van der Waals surface area contributed by atoms with Crippen molar-refractivity contribution >= 4 is 50.2 Å². The number of amides is 2. The first kappa shape index (κ1) is 27.1. The van der Waals surface area contributed by atoms with E-state index in [1.165, 1.54) is 17.7 Å². The summed E-state index contributed by atoms with van der Waals surface area (Å²) < 4.78 is 15.3. The quantitative estimate of drug-likeness (QED) is 0.252. The molecule has 1 aliphatic heterocycles. The van der Waals surface area contributed by atoms with Crippen molar-refractivity contribution in [3.05, 3.63) is 58.2 Å². The van der Waals surface area contributed by atoms with Gasteiger partial charge in [0.15, 0.2) is 11.6 Å². The number of nitrogens with zero attached hydrogens (tertiary/aromatic N) is 7. The molecule has 1 saturated heterocycles. The summed E-state index contributed by atoms with van der Waals surface area (Å²) in [6, 6.07) is 2.22. The number of carbonyl (C=O) groups is 3. The van der Waals surface area contributed by atoms with Crippen molar-refractivity contribution in [2.24, 2.45) is 5.41 Å². The number of Topliss-reactive ketones (excluding diaryl/α,β-unsaturated/α-hetero) is 1. The average Bonchev–Trinajstić information content (AvgIpc) is 3.29. The van der Waals surface area contributed by atoms with Gasteiger partial charge in [-0.25, -0.2) is 19.3 Å². The number of fused-ring (bicyclic) bond motifs is 2. The van der Waals surface area contributed by atoms with Crippen molar-refractivity contribution in [1.29, 1.82) is 0 Å². The van der Waals surface area contributed by atoms with Crippen molar-refractivity contribution in [3.63, 3.8) is 0 Å². The van der Waals surface area contributed by atoms with E-state index in [0.29, 0.717) is 40.0 Å². The van der Waals surface area contributed by atoms with E-state index in [1.54, 1.807) is 43.4 Å². The fourth-order valence-corrected chi connectivity index (χ4v) is 5.88. The van der Waals surface area contributed by atoms with Gasteiger partial charge in [-0.15, -0.1) is 0 Å². The van der Waals surface area contributed by atoms with Crippen LogP contribution in [0.5, 0.6) is 0 Å². The lowest BCUT2D eigenvalue weighted by molar-refractivity contribution is -0.138. The predicted molar refractivity (Wildman–Crippen MR) is 150 cm³/mol. The molecule has 2 aliphatic rings. The normalized spacial score (nSPS) is 21.2. The number of aromatic nitrogens is 6. The summed E-state index contributed by atoms with van der Waals surface area (Å²) in [5, 5.41) is 7.80. The molecule has 2 fully saturated rings. The van der Waals surface area contributed by atoms with Crippen molar-refractivity contribution in [1.82, 2.24) is 34.6 Å². The van der Waals surface area contributed by atoms with Crippen LogP contribution in [0, 0.1) is 25.1 Å². The summed E-state index contributed by atoms with van der Waals surface area (Å²) in [5.41, 5.74) is 2.32. The molecule has 3 atom stereocenters. The fourth-order valence-electron chi connectivity index (χ4n) is 5.59. The molecular weight excluding hydrogens is 595 g/mol. The second-order valence-corrected chi connectivity index (χ2v) is 11.7. The number of nitrogens with one attached hydrogen (secondary N) is 1. The highest BCUT2D eigenvalue weighted by atomic mass is 79.9. The third-order valence-electron chi connectivity index (χ3n) is 7.92. The van der Waals surface area contributed by atoms with Gasteiger partial charge in [0.2, 0.25) is 11.8 Å². The molecule has 0 unspecified atom stereocenters. The Labute approximate surface area is 242 Å². The van der Waals surface area contributed by atoms with E-state index in [-0.39, 0.29) is 51.7 Å². The highest BCUT2D eigenvalue weighted by molar-refractivity contribution is 9.10. The summed E-state index contributed by atoms with van der Waals surface area (Å²) >= 11 is 3.06. The molecule has 0 aromatic carbocycles. The maximum Gasteiger partial charge on any atom is 0.248 e. The lowest BCUT2D eigenvalue weighted by Crippen LogP contribution is -2.47. The number of pyridine rings is 2. The van der Waals surface area contributed by atoms with Crippen molar-refractivity contribution < 1.29 is 18.8 Å². The predicted octanol–water partition coefficient (Wildman–Crippen LogP) is 4.02. The molecule has 2 amide bonds. The van der Waals surface area contributed by atoms with Crippen LogP contribution >= 0.6 is 15.9 Å². The number of halogens is 2.